The average Bonchev–Trinajstić information content (AvgIpc) is 2.75. The van der Waals surface area contributed by atoms with Crippen molar-refractivity contribution in [2.75, 3.05) is 14.2 Å². The highest BCUT2D eigenvalue weighted by Crippen LogP contribution is 2.27. The summed E-state index contributed by atoms with van der Waals surface area (Å²) in [4.78, 5) is 47.4. The van der Waals surface area contributed by atoms with Gasteiger partial charge in [0.05, 0.1) is 25.6 Å². The van der Waals surface area contributed by atoms with Crippen molar-refractivity contribution in [3.05, 3.63) is 69.8 Å². The van der Waals surface area contributed by atoms with E-state index in [9.17, 15) is 29.6 Å². The van der Waals surface area contributed by atoms with Crippen molar-refractivity contribution >= 4 is 23.5 Å². The van der Waals surface area contributed by atoms with Gasteiger partial charge in [-0.3, -0.25) is 19.7 Å². The van der Waals surface area contributed by atoms with Crippen LogP contribution in [0.4, 0.5) is 5.69 Å². The second kappa shape index (κ2) is 10.0. The lowest BCUT2D eigenvalue weighted by Gasteiger charge is -2.26. The molecular formula is C20H20N2O8. The number of ether oxygens (including phenoxy) is 2. The number of methoxy groups -OCH3 is 2. The molecule has 2 rings (SSSR count). The lowest BCUT2D eigenvalue weighted by Crippen LogP contribution is -2.46. The summed E-state index contributed by atoms with van der Waals surface area (Å²) < 4.78 is 9.48. The summed E-state index contributed by atoms with van der Waals surface area (Å²) in [6.07, 6.45) is -0.297. The van der Waals surface area contributed by atoms with E-state index in [1.807, 2.05) is 0 Å². The van der Waals surface area contributed by atoms with Crippen molar-refractivity contribution in [3.63, 3.8) is 0 Å². The molecule has 0 saturated heterocycles. The molecule has 2 aromatic rings. The van der Waals surface area contributed by atoms with E-state index in [4.69, 9.17) is 4.74 Å². The predicted molar refractivity (Wildman–Crippen MR) is 104 cm³/mol. The number of non-ortho nitro benzene ring substituents is 1. The van der Waals surface area contributed by atoms with Crippen LogP contribution in [0.2, 0.25) is 0 Å². The second-order valence-corrected chi connectivity index (χ2v) is 6.26. The Balaban J connectivity index is 2.42. The van der Waals surface area contributed by atoms with E-state index in [1.165, 1.54) is 55.6 Å². The van der Waals surface area contributed by atoms with Crippen LogP contribution >= 0.6 is 0 Å². The molecule has 0 bridgehead atoms. The topological polar surface area (TPSA) is 145 Å². The number of benzene rings is 2. The van der Waals surface area contributed by atoms with Gasteiger partial charge in [-0.1, -0.05) is 18.2 Å². The maximum absolute atomic E-state index is 12.6. The second-order valence-electron chi connectivity index (χ2n) is 6.26. The van der Waals surface area contributed by atoms with Crippen LogP contribution in [0.5, 0.6) is 5.75 Å². The van der Waals surface area contributed by atoms with Gasteiger partial charge in [0.2, 0.25) is 0 Å². The average molecular weight is 416 g/mol. The zero-order valence-corrected chi connectivity index (χ0v) is 16.2. The van der Waals surface area contributed by atoms with Crippen LogP contribution in [-0.2, 0) is 19.1 Å². The Morgan fingerprint density at radius 1 is 1.10 bits per heavy atom. The lowest BCUT2D eigenvalue weighted by molar-refractivity contribution is -0.384. The number of carbonyl (C=O) groups excluding carboxylic acids is 3. The molecule has 2 N–H and O–H groups in total. The molecule has 0 unspecified atom stereocenters. The molecule has 2 aromatic carbocycles. The van der Waals surface area contributed by atoms with Gasteiger partial charge in [-0.2, -0.15) is 0 Å². The van der Waals surface area contributed by atoms with Gasteiger partial charge in [0.15, 0.2) is 0 Å². The van der Waals surface area contributed by atoms with Crippen LogP contribution in [-0.4, -0.2) is 48.1 Å². The Hall–Kier alpha value is -3.95. The maximum Gasteiger partial charge on any atom is 0.329 e. The van der Waals surface area contributed by atoms with E-state index in [-0.39, 0.29) is 23.4 Å². The molecule has 1 amide bonds. The van der Waals surface area contributed by atoms with Crippen molar-refractivity contribution in [1.82, 2.24) is 5.32 Å². The van der Waals surface area contributed by atoms with Gasteiger partial charge >= 0.3 is 11.9 Å². The Morgan fingerprint density at radius 3 is 2.30 bits per heavy atom. The quantitative estimate of drug-likeness (QED) is 0.377. The van der Waals surface area contributed by atoms with E-state index >= 15 is 0 Å². The monoisotopic (exact) mass is 416 g/mol. The molecule has 0 heterocycles. The minimum atomic E-state index is -1.30. The highest BCUT2D eigenvalue weighted by atomic mass is 16.6. The molecule has 0 aromatic heterocycles. The first kappa shape index (κ1) is 22.3. The minimum Gasteiger partial charge on any atom is -0.508 e. The number of hydrogen-bond donors (Lipinski definition) is 2. The molecule has 2 atom stereocenters. The van der Waals surface area contributed by atoms with Crippen LogP contribution in [0, 0.1) is 10.1 Å². The van der Waals surface area contributed by atoms with Crippen LogP contribution in [0.1, 0.15) is 28.3 Å². The molecule has 0 saturated carbocycles. The van der Waals surface area contributed by atoms with Crippen molar-refractivity contribution in [2.45, 2.75) is 18.4 Å². The third-order valence-corrected chi connectivity index (χ3v) is 4.40. The molecular weight excluding hydrogens is 396 g/mol. The maximum atomic E-state index is 12.6. The number of nitro benzene ring substituents is 1. The number of rotatable bonds is 8. The van der Waals surface area contributed by atoms with Crippen molar-refractivity contribution in [1.29, 1.82) is 0 Å². The first-order valence-electron chi connectivity index (χ1n) is 8.75. The Morgan fingerprint density at radius 2 is 1.77 bits per heavy atom. The summed E-state index contributed by atoms with van der Waals surface area (Å²) >= 11 is 0. The molecule has 0 spiro atoms. The van der Waals surface area contributed by atoms with E-state index in [0.717, 1.165) is 7.11 Å². The van der Waals surface area contributed by atoms with Gasteiger partial charge in [-0.05, 0) is 23.8 Å². The third kappa shape index (κ3) is 5.53. The SMILES string of the molecule is COC(=O)C[C@@H](c1ccc([N+](=O)[O-])cc1)[C@@H](NC(=O)c1cccc(O)c1)C(=O)OC. The summed E-state index contributed by atoms with van der Waals surface area (Å²) in [5, 5.41) is 23.0. The molecule has 10 heteroatoms. The van der Waals surface area contributed by atoms with Crippen LogP contribution in [0.25, 0.3) is 0 Å². The highest BCUT2D eigenvalue weighted by Gasteiger charge is 2.34. The molecule has 10 nitrogen and oxygen atoms in total. The molecule has 30 heavy (non-hydrogen) atoms. The fraction of sp³-hybridized carbons (Fsp3) is 0.250. The van der Waals surface area contributed by atoms with Gasteiger partial charge in [-0.25, -0.2) is 4.79 Å². The number of hydrogen-bond acceptors (Lipinski definition) is 8. The molecule has 0 fully saturated rings. The van der Waals surface area contributed by atoms with E-state index < -0.39 is 34.7 Å². The number of nitro groups is 1. The number of phenolic OH excluding ortho intramolecular Hbond substituents is 1. The fourth-order valence-electron chi connectivity index (χ4n) is 2.86. The highest BCUT2D eigenvalue weighted by molar-refractivity contribution is 5.97. The fourth-order valence-corrected chi connectivity index (χ4v) is 2.86. The number of phenols is 1. The van der Waals surface area contributed by atoms with Gasteiger partial charge < -0.3 is 19.9 Å². The van der Waals surface area contributed by atoms with Crippen molar-refractivity contribution in [3.8, 4) is 5.75 Å². The number of carbonyl (C=O) groups is 3. The van der Waals surface area contributed by atoms with Gasteiger partial charge in [0, 0.05) is 23.6 Å². The van der Waals surface area contributed by atoms with Gasteiger partial charge in [-0.15, -0.1) is 0 Å². The zero-order valence-electron chi connectivity index (χ0n) is 16.2. The molecule has 0 aliphatic carbocycles. The molecule has 158 valence electrons. The van der Waals surface area contributed by atoms with E-state index in [1.54, 1.807) is 0 Å². The van der Waals surface area contributed by atoms with Crippen molar-refractivity contribution < 1.29 is 33.9 Å². The first-order chi connectivity index (χ1) is 14.3. The lowest BCUT2D eigenvalue weighted by atomic mass is 9.88. The molecule has 0 aliphatic rings. The van der Waals surface area contributed by atoms with E-state index in [0.29, 0.717) is 5.56 Å². The summed E-state index contributed by atoms with van der Waals surface area (Å²) in [7, 11) is 2.30. The van der Waals surface area contributed by atoms with Gasteiger partial charge in [0.25, 0.3) is 11.6 Å². The number of nitrogens with one attached hydrogen (secondary N) is 1. The summed E-state index contributed by atoms with van der Waals surface area (Å²) in [5.74, 6) is -3.22. The largest absolute Gasteiger partial charge is 0.508 e. The third-order valence-electron chi connectivity index (χ3n) is 4.40. The number of amides is 1. The van der Waals surface area contributed by atoms with Crippen LogP contribution < -0.4 is 5.32 Å². The predicted octanol–water partition coefficient (Wildman–Crippen LogP) is 1.92. The Labute approximate surface area is 171 Å². The standard InChI is InChI=1S/C20H20N2O8/c1-29-17(24)11-16(12-6-8-14(9-7-12)22(27)28)18(20(26)30-2)21-19(25)13-4-3-5-15(23)10-13/h3-10,16,18,23H,11H2,1-2H3,(H,21,25)/t16-,18+/m0/s1. The minimum absolute atomic E-state index is 0.0874. The summed E-state index contributed by atoms with van der Waals surface area (Å²) in [6, 6.07) is 9.42. The summed E-state index contributed by atoms with van der Waals surface area (Å²) in [5.41, 5.74) is 0.302. The van der Waals surface area contributed by atoms with Crippen LogP contribution in [0.3, 0.4) is 0 Å². The molecule has 0 radical (unpaired) electrons. The van der Waals surface area contributed by atoms with E-state index in [2.05, 4.69) is 10.1 Å². The number of aromatic hydroxyl groups is 1. The summed E-state index contributed by atoms with van der Waals surface area (Å²) in [6.45, 7) is 0. The Kier molecular flexibility index (Phi) is 7.45. The number of nitrogens with zero attached hydrogens (tertiary/aromatic N) is 1. The molecule has 0 aliphatic heterocycles. The first-order valence-corrected chi connectivity index (χ1v) is 8.75. The Bertz CT molecular complexity index is 942. The van der Waals surface area contributed by atoms with Crippen LogP contribution in [0.15, 0.2) is 48.5 Å². The van der Waals surface area contributed by atoms with Crippen molar-refractivity contribution in [2.24, 2.45) is 0 Å². The zero-order chi connectivity index (χ0) is 22.3. The smallest absolute Gasteiger partial charge is 0.329 e. The number of esters is 2. The normalized spacial score (nSPS) is 12.3. The van der Waals surface area contributed by atoms with Gasteiger partial charge in [0.1, 0.15) is 11.8 Å².